The Morgan fingerprint density at radius 2 is 1.85 bits per heavy atom. The lowest BCUT2D eigenvalue weighted by atomic mass is 10.1. The fourth-order valence-corrected chi connectivity index (χ4v) is 5.27. The molecule has 2 fully saturated rings. The van der Waals surface area contributed by atoms with Gasteiger partial charge in [-0.3, -0.25) is 9.59 Å². The van der Waals surface area contributed by atoms with Crippen LogP contribution in [0.3, 0.4) is 0 Å². The standard InChI is InChI=1S/C17H20N4O4S/c1-11-16(22)20(3)14-7-8-21(15(14)17(23)19(11)2)26(24,25)13-6-4-5-12(9-13)10-18/h4-6,9,11,14-15H,7-8H2,1-3H3/t11-,14+,15-/m0/s1. The van der Waals surface area contributed by atoms with E-state index < -0.39 is 34.1 Å². The predicted octanol–water partition coefficient (Wildman–Crippen LogP) is 0.00878. The third-order valence-electron chi connectivity index (χ3n) is 5.27. The number of hydrogen-bond acceptors (Lipinski definition) is 5. The number of rotatable bonds is 2. The number of carbonyl (C=O) groups excluding carboxylic acids is 2. The molecule has 1 aromatic rings. The van der Waals surface area contributed by atoms with Crippen molar-refractivity contribution < 1.29 is 18.0 Å². The molecular formula is C17H20N4O4S. The summed E-state index contributed by atoms with van der Waals surface area (Å²) in [5, 5.41) is 9.02. The third kappa shape index (κ3) is 2.66. The van der Waals surface area contributed by atoms with Crippen LogP contribution in [0.4, 0.5) is 0 Å². The van der Waals surface area contributed by atoms with Gasteiger partial charge in [-0.25, -0.2) is 8.42 Å². The largest absolute Gasteiger partial charge is 0.339 e. The maximum Gasteiger partial charge on any atom is 0.245 e. The lowest BCUT2D eigenvalue weighted by Gasteiger charge is -2.29. The van der Waals surface area contributed by atoms with Gasteiger partial charge in [-0.2, -0.15) is 9.57 Å². The van der Waals surface area contributed by atoms with Crippen molar-refractivity contribution in [2.75, 3.05) is 20.6 Å². The van der Waals surface area contributed by atoms with Crippen molar-refractivity contribution in [2.45, 2.75) is 36.4 Å². The van der Waals surface area contributed by atoms with E-state index >= 15 is 0 Å². The Balaban J connectivity index is 2.05. The van der Waals surface area contributed by atoms with Gasteiger partial charge in [0.25, 0.3) is 0 Å². The van der Waals surface area contributed by atoms with E-state index in [2.05, 4.69) is 0 Å². The third-order valence-corrected chi connectivity index (χ3v) is 7.15. The number of likely N-dealkylation sites (N-methyl/N-ethyl adjacent to an activating group) is 2. The van der Waals surface area contributed by atoms with Crippen LogP contribution in [0, 0.1) is 11.3 Å². The van der Waals surface area contributed by atoms with Gasteiger partial charge in [0, 0.05) is 20.6 Å². The highest BCUT2D eigenvalue weighted by Crippen LogP contribution is 2.32. The molecule has 26 heavy (non-hydrogen) atoms. The number of hydrogen-bond donors (Lipinski definition) is 0. The average molecular weight is 376 g/mol. The van der Waals surface area contributed by atoms with Crippen LogP contribution in [0.2, 0.25) is 0 Å². The van der Waals surface area contributed by atoms with Crippen molar-refractivity contribution in [3.63, 3.8) is 0 Å². The molecule has 3 rings (SSSR count). The van der Waals surface area contributed by atoms with Gasteiger partial charge in [0.05, 0.1) is 22.6 Å². The van der Waals surface area contributed by atoms with Crippen molar-refractivity contribution in [1.82, 2.24) is 14.1 Å². The van der Waals surface area contributed by atoms with E-state index in [4.69, 9.17) is 5.26 Å². The number of amides is 2. The number of benzene rings is 1. The van der Waals surface area contributed by atoms with Gasteiger partial charge in [0.15, 0.2) is 0 Å². The quantitative estimate of drug-likeness (QED) is 0.723. The molecule has 0 bridgehead atoms. The SMILES string of the molecule is C[C@H]1C(=O)N(C)[C@@H]2CCN(S(=O)(=O)c3cccc(C#N)c3)[C@@H]2C(=O)N1C. The number of nitriles is 1. The van der Waals surface area contributed by atoms with E-state index in [9.17, 15) is 18.0 Å². The Hall–Kier alpha value is -2.44. The lowest BCUT2D eigenvalue weighted by molar-refractivity contribution is -0.139. The Morgan fingerprint density at radius 3 is 2.50 bits per heavy atom. The van der Waals surface area contributed by atoms with Gasteiger partial charge in [0.2, 0.25) is 21.8 Å². The van der Waals surface area contributed by atoms with Gasteiger partial charge in [-0.1, -0.05) is 6.07 Å². The molecule has 2 amide bonds. The van der Waals surface area contributed by atoms with E-state index in [-0.39, 0.29) is 22.9 Å². The second-order valence-electron chi connectivity index (χ2n) is 6.63. The molecule has 0 radical (unpaired) electrons. The van der Waals surface area contributed by atoms with Crippen molar-refractivity contribution in [3.8, 4) is 6.07 Å². The van der Waals surface area contributed by atoms with Crippen molar-refractivity contribution in [3.05, 3.63) is 29.8 Å². The van der Waals surface area contributed by atoms with Crippen LogP contribution in [0.1, 0.15) is 18.9 Å². The molecule has 1 aromatic carbocycles. The molecule has 2 aliphatic rings. The number of fused-ring (bicyclic) bond motifs is 1. The zero-order chi connectivity index (χ0) is 19.2. The van der Waals surface area contributed by atoms with Gasteiger partial charge < -0.3 is 9.80 Å². The summed E-state index contributed by atoms with van der Waals surface area (Å²) in [5.74, 6) is -0.600. The minimum absolute atomic E-state index is 0.0288. The zero-order valence-corrected chi connectivity index (χ0v) is 15.6. The molecule has 8 nitrogen and oxygen atoms in total. The summed E-state index contributed by atoms with van der Waals surface area (Å²) in [6, 6.07) is 5.53. The first-order chi connectivity index (χ1) is 12.2. The second kappa shape index (κ2) is 6.37. The normalized spacial score (nSPS) is 27.2. The number of carbonyl (C=O) groups is 2. The minimum atomic E-state index is -3.98. The summed E-state index contributed by atoms with van der Waals surface area (Å²) in [6.07, 6.45) is 0.385. The molecule has 2 saturated heterocycles. The lowest BCUT2D eigenvalue weighted by Crippen LogP contribution is -2.51. The summed E-state index contributed by atoms with van der Waals surface area (Å²) < 4.78 is 27.4. The molecule has 0 spiro atoms. The monoisotopic (exact) mass is 376 g/mol. The Bertz CT molecular complexity index is 908. The predicted molar refractivity (Wildman–Crippen MR) is 92.2 cm³/mol. The smallest absolute Gasteiger partial charge is 0.245 e. The average Bonchev–Trinajstić information content (AvgIpc) is 3.08. The first kappa shape index (κ1) is 18.4. The molecule has 2 heterocycles. The van der Waals surface area contributed by atoms with Gasteiger partial charge in [-0.05, 0) is 31.5 Å². The summed E-state index contributed by atoms with van der Waals surface area (Å²) in [7, 11) is -0.855. The molecule has 0 saturated carbocycles. The van der Waals surface area contributed by atoms with Crippen molar-refractivity contribution >= 4 is 21.8 Å². The molecule has 9 heteroatoms. The fraction of sp³-hybridized carbons (Fsp3) is 0.471. The highest BCUT2D eigenvalue weighted by atomic mass is 32.2. The van der Waals surface area contributed by atoms with E-state index in [1.54, 1.807) is 14.0 Å². The van der Waals surface area contributed by atoms with Gasteiger partial charge in [-0.15, -0.1) is 0 Å². The molecule has 2 aliphatic heterocycles. The topological polar surface area (TPSA) is 102 Å². The number of nitrogens with zero attached hydrogens (tertiary/aromatic N) is 4. The molecule has 138 valence electrons. The van der Waals surface area contributed by atoms with Crippen molar-refractivity contribution in [2.24, 2.45) is 0 Å². The Morgan fingerprint density at radius 1 is 1.15 bits per heavy atom. The van der Waals surface area contributed by atoms with Crippen LogP contribution in [0.5, 0.6) is 0 Å². The molecule has 0 aliphatic carbocycles. The summed E-state index contributed by atoms with van der Waals surface area (Å²) in [5.41, 5.74) is 0.229. The second-order valence-corrected chi connectivity index (χ2v) is 8.52. The first-order valence-electron chi connectivity index (χ1n) is 8.25. The van der Waals surface area contributed by atoms with Crippen LogP contribution in [0.25, 0.3) is 0 Å². The maximum atomic E-state index is 13.1. The Kier molecular flexibility index (Phi) is 4.50. The molecule has 3 atom stereocenters. The van der Waals surface area contributed by atoms with Crippen LogP contribution in [-0.2, 0) is 19.6 Å². The molecule has 0 N–H and O–H groups in total. The highest BCUT2D eigenvalue weighted by molar-refractivity contribution is 7.89. The van der Waals surface area contributed by atoms with Crippen molar-refractivity contribution in [1.29, 1.82) is 5.26 Å². The van der Waals surface area contributed by atoms with Gasteiger partial charge >= 0.3 is 0 Å². The van der Waals surface area contributed by atoms with E-state index in [0.717, 1.165) is 4.31 Å². The van der Waals surface area contributed by atoms with Crippen LogP contribution in [-0.4, -0.2) is 73.1 Å². The van der Waals surface area contributed by atoms with Gasteiger partial charge in [0.1, 0.15) is 12.1 Å². The van der Waals surface area contributed by atoms with Crippen LogP contribution in [0.15, 0.2) is 29.2 Å². The fourth-order valence-electron chi connectivity index (χ4n) is 3.60. The summed E-state index contributed by atoms with van der Waals surface area (Å²) in [6.45, 7) is 1.77. The molecule has 0 unspecified atom stereocenters. The maximum absolute atomic E-state index is 13.1. The Labute approximate surface area is 152 Å². The van der Waals surface area contributed by atoms with Crippen LogP contribution < -0.4 is 0 Å². The molecular weight excluding hydrogens is 356 g/mol. The highest BCUT2D eigenvalue weighted by Gasteiger charge is 2.52. The summed E-state index contributed by atoms with van der Waals surface area (Å²) in [4.78, 5) is 28.2. The zero-order valence-electron chi connectivity index (χ0n) is 14.8. The summed E-state index contributed by atoms with van der Waals surface area (Å²) >= 11 is 0. The van der Waals surface area contributed by atoms with E-state index in [0.29, 0.717) is 6.42 Å². The van der Waals surface area contributed by atoms with E-state index in [1.807, 2.05) is 6.07 Å². The van der Waals surface area contributed by atoms with E-state index in [1.165, 1.54) is 41.1 Å². The first-order valence-corrected chi connectivity index (χ1v) is 9.69. The minimum Gasteiger partial charge on any atom is -0.339 e. The molecule has 0 aromatic heterocycles. The van der Waals surface area contributed by atoms with Crippen LogP contribution >= 0.6 is 0 Å². The number of sulfonamides is 1.